The molecule has 1 unspecified atom stereocenters. The zero-order valence-electron chi connectivity index (χ0n) is 14.0. The second kappa shape index (κ2) is 7.55. The van der Waals surface area contributed by atoms with Gasteiger partial charge >= 0.3 is 5.97 Å². The van der Waals surface area contributed by atoms with Crippen LogP contribution in [-0.2, 0) is 14.3 Å². The summed E-state index contributed by atoms with van der Waals surface area (Å²) in [6, 6.07) is 6.54. The summed E-state index contributed by atoms with van der Waals surface area (Å²) in [6.07, 6.45) is 3.85. The first kappa shape index (κ1) is 16.6. The van der Waals surface area contributed by atoms with Crippen molar-refractivity contribution in [1.29, 1.82) is 0 Å². The van der Waals surface area contributed by atoms with Crippen LogP contribution < -0.4 is 15.0 Å². The molecule has 0 aromatic heterocycles. The fraction of sp³-hybridized carbons (Fsp3) is 0.556. The molecule has 0 amide bonds. The van der Waals surface area contributed by atoms with E-state index >= 15 is 0 Å². The molecule has 6 nitrogen and oxygen atoms in total. The van der Waals surface area contributed by atoms with E-state index in [0.717, 1.165) is 23.4 Å². The van der Waals surface area contributed by atoms with Gasteiger partial charge in [0.05, 0.1) is 18.8 Å². The Kier molecular flexibility index (Phi) is 5.23. The highest BCUT2D eigenvalue weighted by atomic mass is 16.5. The lowest BCUT2D eigenvalue weighted by molar-refractivity contribution is -0.143. The standard InChI is InChI=1S/C18H24N2O4/c1-2-23-18(22)4-3-9-20-11-15(12-21)24-17-8-7-14(10-16(17)20)19-13-5-6-13/h7-8,10,12-13,15,19H,2-6,9,11H2,1H3. The highest BCUT2D eigenvalue weighted by molar-refractivity contribution is 5.72. The molecule has 1 heterocycles. The van der Waals surface area contributed by atoms with Gasteiger partial charge in [0.15, 0.2) is 12.4 Å². The summed E-state index contributed by atoms with van der Waals surface area (Å²) in [5.74, 6) is 0.540. The van der Waals surface area contributed by atoms with Crippen LogP contribution >= 0.6 is 0 Å². The summed E-state index contributed by atoms with van der Waals surface area (Å²) in [6.45, 7) is 3.40. The quantitative estimate of drug-likeness (QED) is 0.582. The molecule has 1 atom stereocenters. The molecular formula is C18H24N2O4. The normalized spacial score (nSPS) is 19.2. The molecule has 1 aromatic carbocycles. The monoisotopic (exact) mass is 332 g/mol. The number of hydrogen-bond donors (Lipinski definition) is 1. The summed E-state index contributed by atoms with van der Waals surface area (Å²) in [5.41, 5.74) is 2.04. The lowest BCUT2D eigenvalue weighted by Crippen LogP contribution is -2.41. The van der Waals surface area contributed by atoms with Crippen molar-refractivity contribution in [3.05, 3.63) is 18.2 Å². The topological polar surface area (TPSA) is 67.9 Å². The molecule has 1 fully saturated rings. The van der Waals surface area contributed by atoms with Gasteiger partial charge in [-0.05, 0) is 44.4 Å². The van der Waals surface area contributed by atoms with Crippen molar-refractivity contribution < 1.29 is 19.1 Å². The summed E-state index contributed by atoms with van der Waals surface area (Å²) < 4.78 is 10.7. The maximum atomic E-state index is 11.5. The van der Waals surface area contributed by atoms with E-state index < -0.39 is 6.10 Å². The van der Waals surface area contributed by atoms with Gasteiger partial charge < -0.3 is 19.7 Å². The van der Waals surface area contributed by atoms with E-state index in [-0.39, 0.29) is 5.97 Å². The highest BCUT2D eigenvalue weighted by Gasteiger charge is 2.27. The van der Waals surface area contributed by atoms with Crippen molar-refractivity contribution in [1.82, 2.24) is 0 Å². The number of esters is 1. The van der Waals surface area contributed by atoms with E-state index in [4.69, 9.17) is 9.47 Å². The van der Waals surface area contributed by atoms with Crippen molar-refractivity contribution >= 4 is 23.6 Å². The van der Waals surface area contributed by atoms with Crippen molar-refractivity contribution in [3.63, 3.8) is 0 Å². The van der Waals surface area contributed by atoms with Crippen LogP contribution in [0.25, 0.3) is 0 Å². The fourth-order valence-electron chi connectivity index (χ4n) is 2.86. The van der Waals surface area contributed by atoms with Gasteiger partial charge in [0, 0.05) is 24.7 Å². The van der Waals surface area contributed by atoms with E-state index in [1.165, 1.54) is 12.8 Å². The van der Waals surface area contributed by atoms with Gasteiger partial charge in [0.1, 0.15) is 5.75 Å². The van der Waals surface area contributed by atoms with Gasteiger partial charge in [0.2, 0.25) is 0 Å². The van der Waals surface area contributed by atoms with Crippen LogP contribution in [0.15, 0.2) is 18.2 Å². The Labute approximate surface area is 142 Å². The molecule has 1 N–H and O–H groups in total. The first-order valence-electron chi connectivity index (χ1n) is 8.62. The molecule has 2 aliphatic rings. The predicted molar refractivity (Wildman–Crippen MR) is 91.6 cm³/mol. The SMILES string of the molecule is CCOC(=O)CCCN1CC(C=O)Oc2ccc(NC3CC3)cc21. The van der Waals surface area contributed by atoms with E-state index in [9.17, 15) is 9.59 Å². The van der Waals surface area contributed by atoms with Crippen LogP contribution in [0.4, 0.5) is 11.4 Å². The number of carbonyl (C=O) groups is 2. The fourth-order valence-corrected chi connectivity index (χ4v) is 2.86. The van der Waals surface area contributed by atoms with Gasteiger partial charge in [-0.15, -0.1) is 0 Å². The lowest BCUT2D eigenvalue weighted by Gasteiger charge is -2.34. The summed E-state index contributed by atoms with van der Waals surface area (Å²) >= 11 is 0. The van der Waals surface area contributed by atoms with Crippen LogP contribution in [-0.4, -0.2) is 44.1 Å². The number of aldehydes is 1. The van der Waals surface area contributed by atoms with Crippen molar-refractivity contribution in [3.8, 4) is 5.75 Å². The van der Waals surface area contributed by atoms with Crippen LogP contribution in [0.1, 0.15) is 32.6 Å². The highest BCUT2D eigenvalue weighted by Crippen LogP contribution is 2.37. The molecule has 24 heavy (non-hydrogen) atoms. The van der Waals surface area contributed by atoms with Gasteiger partial charge in [-0.25, -0.2) is 0 Å². The Morgan fingerprint density at radius 3 is 3.00 bits per heavy atom. The number of rotatable bonds is 8. The number of nitrogens with zero attached hydrogens (tertiary/aromatic N) is 1. The molecule has 1 saturated carbocycles. The van der Waals surface area contributed by atoms with Gasteiger partial charge in [-0.1, -0.05) is 0 Å². The first-order chi connectivity index (χ1) is 11.7. The molecule has 1 aliphatic carbocycles. The second-order valence-electron chi connectivity index (χ2n) is 6.25. The minimum absolute atomic E-state index is 0.179. The van der Waals surface area contributed by atoms with Gasteiger partial charge in [-0.2, -0.15) is 0 Å². The van der Waals surface area contributed by atoms with Crippen molar-refractivity contribution in [2.75, 3.05) is 29.9 Å². The number of nitrogens with one attached hydrogen (secondary N) is 1. The molecule has 1 aliphatic heterocycles. The number of hydrogen-bond acceptors (Lipinski definition) is 6. The molecule has 6 heteroatoms. The van der Waals surface area contributed by atoms with Crippen LogP contribution in [0.5, 0.6) is 5.75 Å². The summed E-state index contributed by atoms with van der Waals surface area (Å²) in [5, 5.41) is 3.48. The largest absolute Gasteiger partial charge is 0.479 e. The van der Waals surface area contributed by atoms with Crippen LogP contribution in [0.2, 0.25) is 0 Å². The Morgan fingerprint density at radius 2 is 2.29 bits per heavy atom. The van der Waals surface area contributed by atoms with E-state index in [0.29, 0.717) is 38.6 Å². The van der Waals surface area contributed by atoms with Crippen molar-refractivity contribution in [2.45, 2.75) is 44.8 Å². The molecule has 1 aromatic rings. The number of ether oxygens (including phenoxy) is 2. The van der Waals surface area contributed by atoms with Gasteiger partial charge in [-0.3, -0.25) is 9.59 Å². The third-order valence-corrected chi connectivity index (χ3v) is 4.19. The van der Waals surface area contributed by atoms with E-state index in [1.54, 1.807) is 6.92 Å². The zero-order valence-corrected chi connectivity index (χ0v) is 14.0. The number of benzene rings is 1. The molecule has 0 bridgehead atoms. The Balaban J connectivity index is 1.68. The van der Waals surface area contributed by atoms with E-state index in [2.05, 4.69) is 16.3 Å². The third-order valence-electron chi connectivity index (χ3n) is 4.19. The average Bonchev–Trinajstić information content (AvgIpc) is 3.39. The van der Waals surface area contributed by atoms with Gasteiger partial charge in [0.25, 0.3) is 0 Å². The average molecular weight is 332 g/mol. The Hall–Kier alpha value is -2.24. The number of anilines is 2. The predicted octanol–water partition coefficient (Wildman–Crippen LogP) is 2.37. The first-order valence-corrected chi connectivity index (χ1v) is 8.62. The zero-order chi connectivity index (χ0) is 16.9. The minimum atomic E-state index is -0.470. The Bertz CT molecular complexity index is 601. The smallest absolute Gasteiger partial charge is 0.305 e. The number of fused-ring (bicyclic) bond motifs is 1. The minimum Gasteiger partial charge on any atom is -0.479 e. The maximum absolute atomic E-state index is 11.5. The third kappa shape index (κ3) is 4.19. The Morgan fingerprint density at radius 1 is 1.46 bits per heavy atom. The molecular weight excluding hydrogens is 308 g/mol. The summed E-state index contributed by atoms with van der Waals surface area (Å²) in [7, 11) is 0. The molecule has 130 valence electrons. The lowest BCUT2D eigenvalue weighted by atomic mass is 10.1. The molecule has 0 radical (unpaired) electrons. The van der Waals surface area contributed by atoms with Crippen LogP contribution in [0.3, 0.4) is 0 Å². The maximum Gasteiger partial charge on any atom is 0.305 e. The van der Waals surface area contributed by atoms with Crippen LogP contribution in [0, 0.1) is 0 Å². The number of carbonyl (C=O) groups excluding carboxylic acids is 2. The molecule has 3 rings (SSSR count). The molecule has 0 saturated heterocycles. The van der Waals surface area contributed by atoms with E-state index in [1.807, 2.05) is 12.1 Å². The molecule has 0 spiro atoms. The van der Waals surface area contributed by atoms with Crippen molar-refractivity contribution in [2.24, 2.45) is 0 Å². The second-order valence-corrected chi connectivity index (χ2v) is 6.25. The summed E-state index contributed by atoms with van der Waals surface area (Å²) in [4.78, 5) is 24.8.